The molecule has 1 aromatic carbocycles. The number of carbonyl (C=O) groups excluding carboxylic acids is 1. The highest BCUT2D eigenvalue weighted by atomic mass is 16.5. The molecule has 0 radical (unpaired) electrons. The molecule has 0 saturated carbocycles. The molecule has 0 aliphatic carbocycles. The first kappa shape index (κ1) is 14.5. The molecule has 0 aliphatic heterocycles. The average molecular weight is 252 g/mol. The predicted molar refractivity (Wildman–Crippen MR) is 70.7 cm³/mol. The van der Waals surface area contributed by atoms with Crippen molar-refractivity contribution < 1.29 is 14.3 Å². The first-order chi connectivity index (χ1) is 8.65. The van der Waals surface area contributed by atoms with Gasteiger partial charge in [0.15, 0.2) is 0 Å². The van der Waals surface area contributed by atoms with E-state index in [9.17, 15) is 4.79 Å². The molecule has 1 amide bonds. The zero-order valence-corrected chi connectivity index (χ0v) is 10.8. The van der Waals surface area contributed by atoms with E-state index in [2.05, 4.69) is 5.32 Å². The molecule has 0 spiro atoms. The maximum Gasteiger partial charge on any atom is 0.250 e. The van der Waals surface area contributed by atoms with Crippen LogP contribution < -0.4 is 15.8 Å². The van der Waals surface area contributed by atoms with Crippen LogP contribution in [0.1, 0.15) is 13.3 Å². The Balaban J connectivity index is 2.30. The lowest BCUT2D eigenvalue weighted by Crippen LogP contribution is -2.28. The Morgan fingerprint density at radius 1 is 1.39 bits per heavy atom. The highest BCUT2D eigenvalue weighted by Crippen LogP contribution is 2.14. The van der Waals surface area contributed by atoms with Crippen LogP contribution in [0.2, 0.25) is 0 Å². The van der Waals surface area contributed by atoms with Crippen LogP contribution in [0, 0.1) is 0 Å². The number of carbonyl (C=O) groups is 1. The molecule has 5 nitrogen and oxygen atoms in total. The number of ether oxygens (including phenoxy) is 2. The first-order valence-electron chi connectivity index (χ1n) is 5.93. The van der Waals surface area contributed by atoms with E-state index >= 15 is 0 Å². The lowest BCUT2D eigenvalue weighted by molar-refractivity contribution is -0.120. The zero-order valence-electron chi connectivity index (χ0n) is 10.8. The number of nitrogens with two attached hydrogens (primary N) is 1. The second-order valence-corrected chi connectivity index (χ2v) is 3.96. The number of hydrogen-bond acceptors (Lipinski definition) is 4. The predicted octanol–water partition coefficient (Wildman–Crippen LogP) is 1.39. The summed E-state index contributed by atoms with van der Waals surface area (Å²) in [5.74, 6) is 0.557. The molecule has 0 saturated heterocycles. The third kappa shape index (κ3) is 5.16. The molecule has 0 bridgehead atoms. The fraction of sp³-hybridized carbons (Fsp3) is 0.462. The smallest absolute Gasteiger partial charge is 0.250 e. The van der Waals surface area contributed by atoms with E-state index in [1.54, 1.807) is 31.4 Å². The third-order valence-electron chi connectivity index (χ3n) is 2.46. The fourth-order valence-corrected chi connectivity index (χ4v) is 1.29. The number of benzene rings is 1. The second kappa shape index (κ2) is 7.68. The summed E-state index contributed by atoms with van der Waals surface area (Å²) in [7, 11) is 1.60. The molecular weight excluding hydrogens is 232 g/mol. The van der Waals surface area contributed by atoms with Crippen LogP contribution in [0.25, 0.3) is 0 Å². The summed E-state index contributed by atoms with van der Waals surface area (Å²) < 4.78 is 10.2. The second-order valence-electron chi connectivity index (χ2n) is 3.96. The van der Waals surface area contributed by atoms with Crippen LogP contribution >= 0.6 is 0 Å². The van der Waals surface area contributed by atoms with Crippen molar-refractivity contribution in [1.29, 1.82) is 0 Å². The number of hydrogen-bond donors (Lipinski definition) is 2. The van der Waals surface area contributed by atoms with Crippen molar-refractivity contribution in [3.8, 4) is 5.75 Å². The van der Waals surface area contributed by atoms with Crippen molar-refractivity contribution in [3.05, 3.63) is 24.3 Å². The van der Waals surface area contributed by atoms with Crippen LogP contribution in [0.5, 0.6) is 5.75 Å². The Morgan fingerprint density at radius 3 is 2.61 bits per heavy atom. The number of anilines is 1. The Kier molecular flexibility index (Phi) is 6.18. The molecule has 0 aromatic heterocycles. The van der Waals surface area contributed by atoms with E-state index in [-0.39, 0.29) is 18.6 Å². The standard InChI is InChI=1S/C13H20N2O3/c1-3-10(14)8-18-9-13(16)15-11-4-6-12(17-2)7-5-11/h4-7,10H,3,8-9,14H2,1-2H3,(H,15,16). The molecule has 100 valence electrons. The number of rotatable bonds is 7. The highest BCUT2D eigenvalue weighted by molar-refractivity contribution is 5.91. The molecule has 18 heavy (non-hydrogen) atoms. The Hall–Kier alpha value is -1.59. The monoisotopic (exact) mass is 252 g/mol. The minimum absolute atomic E-state index is 0.0136. The van der Waals surface area contributed by atoms with E-state index in [0.717, 1.165) is 12.2 Å². The summed E-state index contributed by atoms with van der Waals surface area (Å²) in [6, 6.07) is 7.09. The van der Waals surface area contributed by atoms with E-state index in [1.165, 1.54) is 0 Å². The van der Waals surface area contributed by atoms with Crippen molar-refractivity contribution in [2.75, 3.05) is 25.6 Å². The third-order valence-corrected chi connectivity index (χ3v) is 2.46. The van der Waals surface area contributed by atoms with Gasteiger partial charge in [-0.3, -0.25) is 4.79 Å². The van der Waals surface area contributed by atoms with Gasteiger partial charge < -0.3 is 20.5 Å². The maximum absolute atomic E-state index is 11.5. The number of methoxy groups -OCH3 is 1. The largest absolute Gasteiger partial charge is 0.497 e. The van der Waals surface area contributed by atoms with Crippen molar-refractivity contribution >= 4 is 11.6 Å². The SMILES string of the molecule is CCC(N)COCC(=O)Nc1ccc(OC)cc1. The van der Waals surface area contributed by atoms with Gasteiger partial charge in [0, 0.05) is 11.7 Å². The number of amides is 1. The molecule has 1 unspecified atom stereocenters. The van der Waals surface area contributed by atoms with Gasteiger partial charge in [-0.25, -0.2) is 0 Å². The molecule has 5 heteroatoms. The Labute approximate surface area is 107 Å². The summed E-state index contributed by atoms with van der Waals surface area (Å²) in [6.45, 7) is 2.39. The van der Waals surface area contributed by atoms with Gasteiger partial charge in [-0.15, -0.1) is 0 Å². The Bertz CT molecular complexity index is 365. The highest BCUT2D eigenvalue weighted by Gasteiger charge is 2.04. The van der Waals surface area contributed by atoms with Gasteiger partial charge in [0.2, 0.25) is 5.91 Å². The van der Waals surface area contributed by atoms with Crippen LogP contribution in [0.3, 0.4) is 0 Å². The minimum atomic E-state index is -0.191. The lowest BCUT2D eigenvalue weighted by Gasteiger charge is -2.10. The van der Waals surface area contributed by atoms with Gasteiger partial charge in [-0.1, -0.05) is 6.92 Å². The van der Waals surface area contributed by atoms with Crippen LogP contribution in [-0.4, -0.2) is 32.3 Å². The van der Waals surface area contributed by atoms with Crippen molar-refractivity contribution in [3.63, 3.8) is 0 Å². The van der Waals surface area contributed by atoms with Crippen LogP contribution in [-0.2, 0) is 9.53 Å². The van der Waals surface area contributed by atoms with E-state index < -0.39 is 0 Å². The molecule has 0 fully saturated rings. The lowest BCUT2D eigenvalue weighted by atomic mass is 10.3. The normalized spacial score (nSPS) is 11.9. The van der Waals surface area contributed by atoms with Crippen LogP contribution in [0.15, 0.2) is 24.3 Å². The number of nitrogens with one attached hydrogen (secondary N) is 1. The summed E-state index contributed by atoms with van der Waals surface area (Å²) >= 11 is 0. The summed E-state index contributed by atoms with van der Waals surface area (Å²) in [4.78, 5) is 11.5. The van der Waals surface area contributed by atoms with Gasteiger partial charge in [0.25, 0.3) is 0 Å². The summed E-state index contributed by atoms with van der Waals surface area (Å²) in [6.07, 6.45) is 0.833. The van der Waals surface area contributed by atoms with E-state index in [1.807, 2.05) is 6.92 Å². The van der Waals surface area contributed by atoms with Gasteiger partial charge in [-0.2, -0.15) is 0 Å². The van der Waals surface area contributed by atoms with Gasteiger partial charge in [0.05, 0.1) is 13.7 Å². The van der Waals surface area contributed by atoms with E-state index in [0.29, 0.717) is 12.3 Å². The molecule has 0 heterocycles. The molecule has 0 aliphatic rings. The van der Waals surface area contributed by atoms with E-state index in [4.69, 9.17) is 15.2 Å². The van der Waals surface area contributed by atoms with Crippen molar-refractivity contribution in [2.24, 2.45) is 5.73 Å². The maximum atomic E-state index is 11.5. The summed E-state index contributed by atoms with van der Waals surface area (Å²) in [5.41, 5.74) is 6.39. The topological polar surface area (TPSA) is 73.6 Å². The fourth-order valence-electron chi connectivity index (χ4n) is 1.29. The van der Waals surface area contributed by atoms with Crippen LogP contribution in [0.4, 0.5) is 5.69 Å². The first-order valence-corrected chi connectivity index (χ1v) is 5.93. The molecular formula is C13H20N2O3. The molecule has 1 aromatic rings. The summed E-state index contributed by atoms with van der Waals surface area (Å²) in [5, 5.41) is 2.72. The molecule has 3 N–H and O–H groups in total. The van der Waals surface area contributed by atoms with Gasteiger partial charge >= 0.3 is 0 Å². The Morgan fingerprint density at radius 2 is 2.06 bits per heavy atom. The van der Waals surface area contributed by atoms with Gasteiger partial charge in [-0.05, 0) is 30.7 Å². The molecule has 1 rings (SSSR count). The minimum Gasteiger partial charge on any atom is -0.497 e. The quantitative estimate of drug-likeness (QED) is 0.769. The van der Waals surface area contributed by atoms with Gasteiger partial charge in [0.1, 0.15) is 12.4 Å². The van der Waals surface area contributed by atoms with Crippen molar-refractivity contribution in [2.45, 2.75) is 19.4 Å². The average Bonchev–Trinajstić information content (AvgIpc) is 2.39. The van der Waals surface area contributed by atoms with Crippen molar-refractivity contribution in [1.82, 2.24) is 0 Å². The molecule has 1 atom stereocenters. The zero-order chi connectivity index (χ0) is 13.4.